The summed E-state index contributed by atoms with van der Waals surface area (Å²) in [5, 5.41) is 26.0. The zero-order valence-electron chi connectivity index (χ0n) is 22.5. The van der Waals surface area contributed by atoms with Gasteiger partial charge in [-0.15, -0.1) is 11.3 Å². The Balaban J connectivity index is 1.70. The van der Waals surface area contributed by atoms with E-state index in [0.717, 1.165) is 11.8 Å². The highest BCUT2D eigenvalue weighted by Crippen LogP contribution is 2.27. The van der Waals surface area contributed by atoms with Gasteiger partial charge in [0, 0.05) is 48.3 Å². The van der Waals surface area contributed by atoms with Gasteiger partial charge in [-0.2, -0.15) is 0 Å². The number of aliphatic hydroxyl groups is 1. The lowest BCUT2D eigenvalue weighted by atomic mass is 9.93. The number of thiazole rings is 1. The molecule has 0 spiro atoms. The number of pyridine rings is 1. The van der Waals surface area contributed by atoms with E-state index < -0.39 is 23.4 Å². The second kappa shape index (κ2) is 12.0. The zero-order valence-corrected chi connectivity index (χ0v) is 23.3. The predicted molar refractivity (Wildman–Crippen MR) is 152 cm³/mol. The van der Waals surface area contributed by atoms with Crippen LogP contribution in [0.2, 0.25) is 0 Å². The molecule has 1 unspecified atom stereocenters. The Kier molecular flexibility index (Phi) is 8.64. The van der Waals surface area contributed by atoms with Crippen molar-refractivity contribution in [3.8, 4) is 0 Å². The van der Waals surface area contributed by atoms with E-state index in [0.29, 0.717) is 24.5 Å². The maximum absolute atomic E-state index is 13.5. The molecule has 1 aliphatic rings. The number of carbonyl (C=O) groups is 3. The largest absolute Gasteiger partial charge is 0.478 e. The molecule has 4 rings (SSSR count). The molecule has 0 aromatic carbocycles. The number of aliphatic hydroxyl groups excluding tert-OH is 1. The fourth-order valence-corrected chi connectivity index (χ4v) is 5.31. The Labute approximate surface area is 234 Å². The van der Waals surface area contributed by atoms with Crippen LogP contribution in [0.15, 0.2) is 34.6 Å². The Bertz CT molecular complexity index is 1520. The summed E-state index contributed by atoms with van der Waals surface area (Å²) in [5.41, 5.74) is 0.706. The molecule has 4 N–H and O–H groups in total. The first kappa shape index (κ1) is 28.9. The molecule has 0 radical (unpaired) electrons. The van der Waals surface area contributed by atoms with Crippen LogP contribution in [0.1, 0.15) is 55.2 Å². The van der Waals surface area contributed by atoms with E-state index in [2.05, 4.69) is 20.6 Å². The molecule has 2 amide bonds. The number of amides is 2. The maximum Gasteiger partial charge on any atom is 0.328 e. The Hall–Kier alpha value is -4.10. The highest BCUT2D eigenvalue weighted by Gasteiger charge is 2.28. The Morgan fingerprint density at radius 3 is 2.70 bits per heavy atom. The van der Waals surface area contributed by atoms with Crippen LogP contribution < -0.4 is 21.1 Å². The van der Waals surface area contributed by atoms with Gasteiger partial charge in [0.05, 0.1) is 23.8 Å². The number of carboxylic acids is 1. The summed E-state index contributed by atoms with van der Waals surface area (Å²) in [6, 6.07) is 2.97. The van der Waals surface area contributed by atoms with Crippen molar-refractivity contribution in [2.24, 2.45) is 5.92 Å². The third-order valence-corrected chi connectivity index (χ3v) is 7.25. The average molecular weight is 569 g/mol. The number of rotatable bonds is 8. The van der Waals surface area contributed by atoms with Crippen LogP contribution in [0.25, 0.3) is 11.7 Å². The molecular formula is C27H32N6O6S. The first-order chi connectivity index (χ1) is 19.0. The monoisotopic (exact) mass is 568 g/mol. The van der Waals surface area contributed by atoms with Crippen LogP contribution in [0.5, 0.6) is 0 Å². The van der Waals surface area contributed by atoms with E-state index in [1.54, 1.807) is 4.90 Å². The number of aromatic nitrogens is 3. The molecule has 3 aromatic heterocycles. The Morgan fingerprint density at radius 1 is 1.25 bits per heavy atom. The number of fused-ring (bicyclic) bond motifs is 1. The molecule has 13 heteroatoms. The maximum atomic E-state index is 13.5. The van der Waals surface area contributed by atoms with Crippen LogP contribution >= 0.6 is 11.3 Å². The molecule has 0 saturated carbocycles. The van der Waals surface area contributed by atoms with Gasteiger partial charge in [0.2, 0.25) is 5.91 Å². The van der Waals surface area contributed by atoms with Gasteiger partial charge >= 0.3 is 5.97 Å². The van der Waals surface area contributed by atoms with Gasteiger partial charge < -0.3 is 20.4 Å². The van der Waals surface area contributed by atoms with Crippen molar-refractivity contribution in [3.05, 3.63) is 57.0 Å². The molecule has 1 saturated heterocycles. The highest BCUT2D eigenvalue weighted by molar-refractivity contribution is 7.14. The number of nitrogens with one attached hydrogen (secondary N) is 2. The smallest absolute Gasteiger partial charge is 0.328 e. The number of nitrogens with zero attached hydrogens (tertiary/aromatic N) is 4. The molecule has 0 bridgehead atoms. The lowest BCUT2D eigenvalue weighted by molar-refractivity contribution is -0.131. The van der Waals surface area contributed by atoms with Crippen molar-refractivity contribution < 1.29 is 24.6 Å². The fourth-order valence-electron chi connectivity index (χ4n) is 4.37. The van der Waals surface area contributed by atoms with Gasteiger partial charge in [-0.05, 0) is 31.1 Å². The summed E-state index contributed by atoms with van der Waals surface area (Å²) in [7, 11) is 0. The molecule has 12 nitrogen and oxygen atoms in total. The van der Waals surface area contributed by atoms with E-state index in [4.69, 9.17) is 5.11 Å². The van der Waals surface area contributed by atoms with Gasteiger partial charge in [0.15, 0.2) is 5.13 Å². The summed E-state index contributed by atoms with van der Waals surface area (Å²) in [6.45, 7) is 6.82. The Morgan fingerprint density at radius 2 is 2.02 bits per heavy atom. The van der Waals surface area contributed by atoms with E-state index in [1.807, 2.05) is 26.2 Å². The molecule has 1 aliphatic heterocycles. The SMILES string of the molecule is CC(C)(C)c1csc(NC(=O)c2ccn3c(=O)c(C=CC(=O)O)c(N4CCCC(C(=O)NCCO)C4)nc3c2)n1. The summed E-state index contributed by atoms with van der Waals surface area (Å²) in [4.78, 5) is 61.2. The number of anilines is 2. The normalized spacial score (nSPS) is 15.9. The first-order valence-electron chi connectivity index (χ1n) is 12.9. The first-order valence-corrected chi connectivity index (χ1v) is 13.7. The molecule has 212 valence electrons. The molecule has 0 aliphatic carbocycles. The number of hydrogen-bond acceptors (Lipinski definition) is 9. The van der Waals surface area contributed by atoms with Crippen LogP contribution in [-0.4, -0.2) is 68.6 Å². The standard InChI is InChI=1S/C27H32N6O6S/c1-27(2,3)19-15-40-26(29-19)31-24(38)16-8-11-33-20(13-16)30-22(18(25(33)39)6-7-21(35)36)32-10-4-5-17(14-32)23(37)28-9-12-34/h6-8,11,13,15,17,34H,4-5,9-10,12,14H2,1-3H3,(H,28,37)(H,35,36)(H,29,31,38). The quantitative estimate of drug-likeness (QED) is 0.298. The minimum Gasteiger partial charge on any atom is -0.478 e. The lowest BCUT2D eigenvalue weighted by Gasteiger charge is -2.33. The van der Waals surface area contributed by atoms with E-state index >= 15 is 0 Å². The van der Waals surface area contributed by atoms with E-state index in [9.17, 15) is 24.3 Å². The van der Waals surface area contributed by atoms with Crippen LogP contribution in [0, 0.1) is 5.92 Å². The second-order valence-corrected chi connectivity index (χ2v) is 11.4. The predicted octanol–water partition coefficient (Wildman–Crippen LogP) is 2.12. The number of carboxylic acid groups (broad SMARTS) is 1. The molecule has 1 atom stereocenters. The van der Waals surface area contributed by atoms with Gasteiger partial charge in [0.25, 0.3) is 11.5 Å². The third kappa shape index (κ3) is 6.54. The topological polar surface area (TPSA) is 166 Å². The molecular weight excluding hydrogens is 536 g/mol. The van der Waals surface area contributed by atoms with E-state index in [-0.39, 0.29) is 53.6 Å². The van der Waals surface area contributed by atoms with Crippen LogP contribution in [0.4, 0.5) is 10.9 Å². The van der Waals surface area contributed by atoms with Crippen molar-refractivity contribution in [2.75, 3.05) is 36.5 Å². The van der Waals surface area contributed by atoms with Gasteiger partial charge in [0.1, 0.15) is 11.5 Å². The van der Waals surface area contributed by atoms with Gasteiger partial charge in [-0.3, -0.25) is 24.1 Å². The third-order valence-electron chi connectivity index (χ3n) is 6.50. The summed E-state index contributed by atoms with van der Waals surface area (Å²) < 4.78 is 1.25. The minimum absolute atomic E-state index is 0.0611. The van der Waals surface area contributed by atoms with Crippen LogP contribution in [-0.2, 0) is 15.0 Å². The average Bonchev–Trinajstić information content (AvgIpc) is 3.40. The number of piperidine rings is 1. The summed E-state index contributed by atoms with van der Waals surface area (Å²) >= 11 is 1.32. The molecule has 4 heterocycles. The van der Waals surface area contributed by atoms with Crippen LogP contribution in [0.3, 0.4) is 0 Å². The number of hydrogen-bond donors (Lipinski definition) is 4. The minimum atomic E-state index is -1.22. The zero-order chi connectivity index (χ0) is 29.0. The van der Waals surface area contributed by atoms with Gasteiger partial charge in [-0.25, -0.2) is 14.8 Å². The number of carbonyl (C=O) groups excluding carboxylic acids is 2. The van der Waals surface area contributed by atoms with Crippen molar-refractivity contribution in [2.45, 2.75) is 39.0 Å². The van der Waals surface area contributed by atoms with Crippen molar-refractivity contribution in [1.82, 2.24) is 19.7 Å². The fraction of sp³-hybridized carbons (Fsp3) is 0.407. The highest BCUT2D eigenvalue weighted by atomic mass is 32.1. The second-order valence-electron chi connectivity index (χ2n) is 10.5. The molecule has 1 fully saturated rings. The molecule has 3 aromatic rings. The summed E-state index contributed by atoms with van der Waals surface area (Å²) in [5.74, 6) is -2.02. The number of aliphatic carboxylic acids is 1. The van der Waals surface area contributed by atoms with E-state index in [1.165, 1.54) is 40.1 Å². The van der Waals surface area contributed by atoms with Crippen molar-refractivity contribution in [3.63, 3.8) is 0 Å². The molecule has 40 heavy (non-hydrogen) atoms. The van der Waals surface area contributed by atoms with Gasteiger partial charge in [-0.1, -0.05) is 20.8 Å². The summed E-state index contributed by atoms with van der Waals surface area (Å²) in [6.07, 6.45) is 4.76. The lowest BCUT2D eigenvalue weighted by Crippen LogP contribution is -2.44. The van der Waals surface area contributed by atoms with Crippen molar-refractivity contribution in [1.29, 1.82) is 0 Å². The van der Waals surface area contributed by atoms with Crippen molar-refractivity contribution >= 4 is 51.8 Å².